The maximum atomic E-state index is 12.4. The highest BCUT2D eigenvalue weighted by Gasteiger charge is 2.31. The second kappa shape index (κ2) is 7.71. The summed E-state index contributed by atoms with van der Waals surface area (Å²) in [5, 5.41) is 10.1. The Morgan fingerprint density at radius 1 is 1.25 bits per heavy atom. The Bertz CT molecular complexity index is 696. The Balaban J connectivity index is 1.93. The van der Waals surface area contributed by atoms with Crippen LogP contribution in [-0.4, -0.2) is 29.2 Å². The van der Waals surface area contributed by atoms with Gasteiger partial charge in [-0.15, -0.1) is 13.2 Å². The number of para-hydroxylation sites is 1. The number of hydrogen-bond acceptors (Lipinski definition) is 3. The third-order valence-electron chi connectivity index (χ3n) is 3.09. The highest BCUT2D eigenvalue weighted by atomic mass is 19.4. The van der Waals surface area contributed by atoms with Crippen molar-refractivity contribution in [3.05, 3.63) is 47.8 Å². The zero-order valence-corrected chi connectivity index (χ0v) is 13.3. The van der Waals surface area contributed by atoms with Crippen LogP contribution in [0.1, 0.15) is 11.1 Å². The molecule has 0 spiro atoms. The van der Waals surface area contributed by atoms with E-state index in [1.165, 1.54) is 12.1 Å². The monoisotopic (exact) mass is 341 g/mol. The van der Waals surface area contributed by atoms with Crippen LogP contribution in [0.3, 0.4) is 0 Å². The molecule has 6 nitrogen and oxygen atoms in total. The molecule has 1 heterocycles. The van der Waals surface area contributed by atoms with Crippen molar-refractivity contribution in [3.8, 4) is 5.75 Å². The van der Waals surface area contributed by atoms with Crippen molar-refractivity contribution >= 4 is 5.96 Å². The van der Waals surface area contributed by atoms with Crippen LogP contribution in [0.2, 0.25) is 0 Å². The summed E-state index contributed by atoms with van der Waals surface area (Å²) in [6, 6.07) is 5.96. The molecule has 1 aromatic carbocycles. The molecule has 0 radical (unpaired) electrons. The molecule has 0 aliphatic rings. The Labute approximate surface area is 137 Å². The van der Waals surface area contributed by atoms with Crippen LogP contribution in [0, 0.1) is 0 Å². The molecule has 0 unspecified atom stereocenters. The molecular weight excluding hydrogens is 323 g/mol. The number of aromatic nitrogens is 2. The zero-order chi connectivity index (χ0) is 17.6. The molecule has 0 aliphatic heterocycles. The minimum absolute atomic E-state index is 0.138. The van der Waals surface area contributed by atoms with Crippen molar-refractivity contribution in [3.63, 3.8) is 0 Å². The highest BCUT2D eigenvalue weighted by Crippen LogP contribution is 2.25. The smallest absolute Gasteiger partial charge is 0.405 e. The van der Waals surface area contributed by atoms with Gasteiger partial charge in [0.05, 0.1) is 6.20 Å². The van der Waals surface area contributed by atoms with Crippen LogP contribution in [0.5, 0.6) is 5.75 Å². The molecule has 0 amide bonds. The van der Waals surface area contributed by atoms with E-state index in [4.69, 9.17) is 0 Å². The Morgan fingerprint density at radius 2 is 1.96 bits per heavy atom. The van der Waals surface area contributed by atoms with Gasteiger partial charge in [-0.25, -0.2) is 0 Å². The van der Waals surface area contributed by atoms with Gasteiger partial charge in [-0.1, -0.05) is 18.2 Å². The summed E-state index contributed by atoms with van der Waals surface area (Å²) in [5.41, 5.74) is 1.33. The van der Waals surface area contributed by atoms with E-state index in [2.05, 4.69) is 25.5 Å². The first kappa shape index (κ1) is 17.6. The number of ether oxygens (including phenoxy) is 1. The maximum Gasteiger partial charge on any atom is 0.573 e. The Morgan fingerprint density at radius 3 is 2.58 bits per heavy atom. The van der Waals surface area contributed by atoms with Gasteiger partial charge in [-0.3, -0.25) is 9.67 Å². The first-order chi connectivity index (χ1) is 11.4. The average Bonchev–Trinajstić information content (AvgIpc) is 2.93. The molecule has 2 N–H and O–H groups in total. The van der Waals surface area contributed by atoms with E-state index < -0.39 is 6.36 Å². The molecule has 2 aromatic rings. The first-order valence-electron chi connectivity index (χ1n) is 7.13. The molecule has 0 atom stereocenters. The fraction of sp³-hybridized carbons (Fsp3) is 0.333. The number of guanidine groups is 1. The summed E-state index contributed by atoms with van der Waals surface area (Å²) in [6.45, 7) is 0.632. The normalized spacial score (nSPS) is 12.1. The molecule has 0 saturated carbocycles. The molecule has 0 fully saturated rings. The molecule has 1 aromatic heterocycles. The lowest BCUT2D eigenvalue weighted by molar-refractivity contribution is -0.274. The van der Waals surface area contributed by atoms with E-state index in [9.17, 15) is 13.2 Å². The van der Waals surface area contributed by atoms with Crippen molar-refractivity contribution in [2.24, 2.45) is 12.0 Å². The summed E-state index contributed by atoms with van der Waals surface area (Å²) >= 11 is 0. The van der Waals surface area contributed by atoms with Gasteiger partial charge in [0.2, 0.25) is 0 Å². The second-order valence-electron chi connectivity index (χ2n) is 4.96. The number of rotatable bonds is 5. The highest BCUT2D eigenvalue weighted by molar-refractivity contribution is 5.79. The van der Waals surface area contributed by atoms with Gasteiger partial charge in [0.15, 0.2) is 5.96 Å². The lowest BCUT2D eigenvalue weighted by Crippen LogP contribution is -2.36. The largest absolute Gasteiger partial charge is 0.573 e. The van der Waals surface area contributed by atoms with Gasteiger partial charge >= 0.3 is 6.36 Å². The average molecular weight is 341 g/mol. The van der Waals surface area contributed by atoms with E-state index in [-0.39, 0.29) is 12.3 Å². The van der Waals surface area contributed by atoms with Crippen molar-refractivity contribution < 1.29 is 17.9 Å². The van der Waals surface area contributed by atoms with Crippen LogP contribution in [0.15, 0.2) is 41.7 Å². The van der Waals surface area contributed by atoms with E-state index in [1.54, 1.807) is 30.1 Å². The van der Waals surface area contributed by atoms with Gasteiger partial charge < -0.3 is 15.4 Å². The zero-order valence-electron chi connectivity index (χ0n) is 13.3. The number of alkyl halides is 3. The quantitative estimate of drug-likeness (QED) is 0.646. The van der Waals surface area contributed by atoms with Gasteiger partial charge in [-0.2, -0.15) is 5.10 Å². The van der Waals surface area contributed by atoms with E-state index >= 15 is 0 Å². The fourth-order valence-electron chi connectivity index (χ4n) is 2.02. The molecule has 9 heteroatoms. The Hall–Kier alpha value is -2.71. The SMILES string of the molecule is CN=C(NCc1cnn(C)c1)NCc1ccccc1OC(F)(F)F. The Kier molecular flexibility index (Phi) is 5.67. The number of hydrogen-bond donors (Lipinski definition) is 2. The van der Waals surface area contributed by atoms with Crippen LogP contribution >= 0.6 is 0 Å². The summed E-state index contributed by atoms with van der Waals surface area (Å²) in [5.74, 6) is 0.223. The molecule has 0 saturated heterocycles. The van der Waals surface area contributed by atoms with Crippen LogP contribution in [0.4, 0.5) is 13.2 Å². The number of nitrogens with one attached hydrogen (secondary N) is 2. The van der Waals surface area contributed by atoms with Crippen molar-refractivity contribution in [1.82, 2.24) is 20.4 Å². The number of nitrogens with zero attached hydrogens (tertiary/aromatic N) is 3. The maximum absolute atomic E-state index is 12.4. The first-order valence-corrected chi connectivity index (χ1v) is 7.13. The summed E-state index contributed by atoms with van der Waals surface area (Å²) in [7, 11) is 3.39. The third-order valence-corrected chi connectivity index (χ3v) is 3.09. The number of aryl methyl sites for hydroxylation is 1. The summed E-state index contributed by atoms with van der Waals surface area (Å²) < 4.78 is 42.9. The van der Waals surface area contributed by atoms with E-state index in [0.29, 0.717) is 18.1 Å². The summed E-state index contributed by atoms with van der Waals surface area (Å²) in [4.78, 5) is 4.03. The number of halogens is 3. The van der Waals surface area contributed by atoms with Gasteiger partial charge in [0.1, 0.15) is 5.75 Å². The predicted molar refractivity (Wildman–Crippen MR) is 83.4 cm³/mol. The van der Waals surface area contributed by atoms with Crippen LogP contribution < -0.4 is 15.4 Å². The third kappa shape index (κ3) is 5.49. The standard InChI is InChI=1S/C15H18F3N5O/c1-19-14(20-7-11-8-22-23(2)10-11)21-9-12-5-3-4-6-13(12)24-15(16,17)18/h3-6,8,10H,7,9H2,1-2H3,(H2,19,20,21). The second-order valence-corrected chi connectivity index (χ2v) is 4.96. The minimum Gasteiger partial charge on any atom is -0.405 e. The molecule has 24 heavy (non-hydrogen) atoms. The topological polar surface area (TPSA) is 63.5 Å². The van der Waals surface area contributed by atoms with Crippen molar-refractivity contribution in [2.75, 3.05) is 7.05 Å². The number of aliphatic imine (C=N–C) groups is 1. The van der Waals surface area contributed by atoms with Crippen LogP contribution in [0.25, 0.3) is 0 Å². The van der Waals surface area contributed by atoms with E-state index in [1.807, 2.05) is 13.2 Å². The molecule has 0 aliphatic carbocycles. The van der Waals surface area contributed by atoms with E-state index in [0.717, 1.165) is 5.56 Å². The van der Waals surface area contributed by atoms with Crippen molar-refractivity contribution in [2.45, 2.75) is 19.5 Å². The number of benzene rings is 1. The van der Waals surface area contributed by atoms with Crippen LogP contribution in [-0.2, 0) is 20.1 Å². The lowest BCUT2D eigenvalue weighted by Gasteiger charge is -2.15. The fourth-order valence-corrected chi connectivity index (χ4v) is 2.02. The molecule has 130 valence electrons. The van der Waals surface area contributed by atoms with Crippen molar-refractivity contribution in [1.29, 1.82) is 0 Å². The van der Waals surface area contributed by atoms with Gasteiger partial charge in [-0.05, 0) is 6.07 Å². The molecule has 2 rings (SSSR count). The molecular formula is C15H18F3N5O. The lowest BCUT2D eigenvalue weighted by atomic mass is 10.2. The minimum atomic E-state index is -4.73. The summed E-state index contributed by atoms with van der Waals surface area (Å²) in [6.07, 6.45) is -1.16. The van der Waals surface area contributed by atoms with Gasteiger partial charge in [0, 0.05) is 44.5 Å². The molecule has 0 bridgehead atoms. The van der Waals surface area contributed by atoms with Gasteiger partial charge in [0.25, 0.3) is 0 Å². The predicted octanol–water partition coefficient (Wildman–Crippen LogP) is 2.18.